The lowest BCUT2D eigenvalue weighted by atomic mass is 10.1. The SMILES string of the molecule is O=C(c1cccc(O)c1)N1CCN(C(=O)c2cccc(OC(F)F)c2)CC1. The van der Waals surface area contributed by atoms with Crippen LogP contribution in [0.15, 0.2) is 48.5 Å². The van der Waals surface area contributed by atoms with Crippen LogP contribution in [0.4, 0.5) is 8.78 Å². The van der Waals surface area contributed by atoms with Crippen LogP contribution in [0.2, 0.25) is 0 Å². The largest absolute Gasteiger partial charge is 0.508 e. The number of ether oxygens (including phenoxy) is 1. The first-order valence-electron chi connectivity index (χ1n) is 8.36. The predicted octanol–water partition coefficient (Wildman–Crippen LogP) is 2.59. The van der Waals surface area contributed by atoms with Crippen molar-refractivity contribution in [3.8, 4) is 11.5 Å². The molecule has 0 saturated carbocycles. The molecule has 27 heavy (non-hydrogen) atoms. The highest BCUT2D eigenvalue weighted by molar-refractivity contribution is 5.96. The van der Waals surface area contributed by atoms with Gasteiger partial charge in [-0.05, 0) is 36.4 Å². The van der Waals surface area contributed by atoms with Gasteiger partial charge >= 0.3 is 6.61 Å². The molecule has 1 aliphatic rings. The van der Waals surface area contributed by atoms with Gasteiger partial charge in [0.2, 0.25) is 0 Å². The molecule has 0 atom stereocenters. The van der Waals surface area contributed by atoms with E-state index in [0.29, 0.717) is 31.7 Å². The highest BCUT2D eigenvalue weighted by Crippen LogP contribution is 2.19. The molecule has 1 fully saturated rings. The summed E-state index contributed by atoms with van der Waals surface area (Å²) in [6.45, 7) is -1.63. The summed E-state index contributed by atoms with van der Waals surface area (Å²) in [5.74, 6) is -0.585. The summed E-state index contributed by atoms with van der Waals surface area (Å²) in [5.41, 5.74) is 0.632. The van der Waals surface area contributed by atoms with Gasteiger partial charge in [-0.3, -0.25) is 9.59 Å². The third kappa shape index (κ3) is 4.52. The number of halogens is 2. The monoisotopic (exact) mass is 376 g/mol. The van der Waals surface area contributed by atoms with E-state index in [0.717, 1.165) is 0 Å². The summed E-state index contributed by atoms with van der Waals surface area (Å²) in [6.07, 6.45) is 0. The third-order valence-corrected chi connectivity index (χ3v) is 4.25. The van der Waals surface area contributed by atoms with Gasteiger partial charge in [0.25, 0.3) is 11.8 Å². The third-order valence-electron chi connectivity index (χ3n) is 4.25. The molecule has 8 heteroatoms. The van der Waals surface area contributed by atoms with Crippen LogP contribution < -0.4 is 4.74 Å². The maximum Gasteiger partial charge on any atom is 0.387 e. The second-order valence-corrected chi connectivity index (χ2v) is 6.04. The van der Waals surface area contributed by atoms with Crippen LogP contribution >= 0.6 is 0 Å². The van der Waals surface area contributed by atoms with Gasteiger partial charge in [-0.15, -0.1) is 0 Å². The first-order chi connectivity index (χ1) is 12.9. The summed E-state index contributed by atoms with van der Waals surface area (Å²) >= 11 is 0. The Balaban J connectivity index is 1.62. The molecule has 1 N–H and O–H groups in total. The summed E-state index contributed by atoms with van der Waals surface area (Å²) < 4.78 is 29.0. The molecule has 2 aromatic rings. The fraction of sp³-hybridized carbons (Fsp3) is 0.263. The van der Waals surface area contributed by atoms with Crippen molar-refractivity contribution in [1.29, 1.82) is 0 Å². The van der Waals surface area contributed by atoms with Crippen LogP contribution in [0.1, 0.15) is 20.7 Å². The van der Waals surface area contributed by atoms with Crippen molar-refractivity contribution >= 4 is 11.8 Å². The first-order valence-corrected chi connectivity index (χ1v) is 8.36. The molecular weight excluding hydrogens is 358 g/mol. The molecule has 0 unspecified atom stereocenters. The number of carbonyl (C=O) groups is 2. The zero-order valence-corrected chi connectivity index (χ0v) is 14.3. The van der Waals surface area contributed by atoms with Crippen molar-refractivity contribution < 1.29 is 28.2 Å². The zero-order chi connectivity index (χ0) is 19.4. The maximum atomic E-state index is 12.6. The molecule has 0 aromatic heterocycles. The average Bonchev–Trinajstić information content (AvgIpc) is 2.66. The number of nitrogens with zero attached hydrogens (tertiary/aromatic N) is 2. The fourth-order valence-electron chi connectivity index (χ4n) is 2.92. The van der Waals surface area contributed by atoms with E-state index >= 15 is 0 Å². The number of phenols is 1. The number of benzene rings is 2. The molecule has 1 saturated heterocycles. The molecule has 0 spiro atoms. The van der Waals surface area contributed by atoms with Gasteiger partial charge in [0, 0.05) is 37.3 Å². The van der Waals surface area contributed by atoms with Crippen LogP contribution in [0.3, 0.4) is 0 Å². The van der Waals surface area contributed by atoms with Gasteiger partial charge in [-0.2, -0.15) is 8.78 Å². The Hall–Kier alpha value is -3.16. The Morgan fingerprint density at radius 1 is 0.889 bits per heavy atom. The van der Waals surface area contributed by atoms with Gasteiger partial charge in [-0.1, -0.05) is 12.1 Å². The number of piperazine rings is 1. The second kappa shape index (κ2) is 8.03. The predicted molar refractivity (Wildman–Crippen MR) is 93.0 cm³/mol. The minimum absolute atomic E-state index is 0.0144. The summed E-state index contributed by atoms with van der Waals surface area (Å²) in [7, 11) is 0. The van der Waals surface area contributed by atoms with E-state index < -0.39 is 6.61 Å². The van der Waals surface area contributed by atoms with E-state index in [2.05, 4.69) is 4.74 Å². The Labute approximate surface area is 154 Å². The van der Waals surface area contributed by atoms with Crippen LogP contribution in [-0.2, 0) is 0 Å². The van der Waals surface area contributed by atoms with Gasteiger partial charge in [0.1, 0.15) is 11.5 Å². The van der Waals surface area contributed by atoms with Crippen LogP contribution in [-0.4, -0.2) is 59.5 Å². The molecule has 2 amide bonds. The summed E-state index contributed by atoms with van der Waals surface area (Å²) in [5, 5.41) is 9.50. The van der Waals surface area contributed by atoms with Gasteiger partial charge < -0.3 is 19.6 Å². The number of amides is 2. The van der Waals surface area contributed by atoms with Crippen molar-refractivity contribution in [2.75, 3.05) is 26.2 Å². The molecule has 0 radical (unpaired) electrons. The number of alkyl halides is 2. The quantitative estimate of drug-likeness (QED) is 0.891. The van der Waals surface area contributed by atoms with E-state index in [-0.39, 0.29) is 28.9 Å². The summed E-state index contributed by atoms with van der Waals surface area (Å²) in [4.78, 5) is 28.2. The lowest BCUT2D eigenvalue weighted by Gasteiger charge is -2.35. The standard InChI is InChI=1S/C19H18F2N2O4/c20-19(21)27-16-6-2-4-14(12-16)18(26)23-9-7-22(8-10-23)17(25)13-3-1-5-15(24)11-13/h1-6,11-12,19,24H,7-10H2. The highest BCUT2D eigenvalue weighted by atomic mass is 19.3. The minimum atomic E-state index is -2.96. The summed E-state index contributed by atoms with van der Waals surface area (Å²) in [6, 6.07) is 11.7. The van der Waals surface area contributed by atoms with Crippen LogP contribution in [0, 0.1) is 0 Å². The zero-order valence-electron chi connectivity index (χ0n) is 14.3. The topological polar surface area (TPSA) is 70.1 Å². The average molecular weight is 376 g/mol. The molecule has 1 heterocycles. The van der Waals surface area contributed by atoms with E-state index in [4.69, 9.17) is 0 Å². The number of aromatic hydroxyl groups is 1. The molecular formula is C19H18F2N2O4. The van der Waals surface area contributed by atoms with Crippen molar-refractivity contribution in [3.05, 3.63) is 59.7 Å². The van der Waals surface area contributed by atoms with Crippen LogP contribution in [0.25, 0.3) is 0 Å². The second-order valence-electron chi connectivity index (χ2n) is 6.04. The van der Waals surface area contributed by atoms with Crippen molar-refractivity contribution in [2.24, 2.45) is 0 Å². The Morgan fingerprint density at radius 3 is 1.93 bits per heavy atom. The number of hydrogen-bond donors (Lipinski definition) is 1. The molecule has 3 rings (SSSR count). The smallest absolute Gasteiger partial charge is 0.387 e. The fourth-order valence-corrected chi connectivity index (χ4v) is 2.92. The number of rotatable bonds is 4. The molecule has 142 valence electrons. The van der Waals surface area contributed by atoms with Crippen molar-refractivity contribution in [3.63, 3.8) is 0 Å². The lowest BCUT2D eigenvalue weighted by Crippen LogP contribution is -2.50. The molecule has 2 aromatic carbocycles. The Morgan fingerprint density at radius 2 is 1.41 bits per heavy atom. The molecule has 1 aliphatic heterocycles. The molecule has 0 aliphatic carbocycles. The van der Waals surface area contributed by atoms with Gasteiger partial charge in [0.05, 0.1) is 0 Å². The Kier molecular flexibility index (Phi) is 5.54. The van der Waals surface area contributed by atoms with E-state index in [1.54, 1.807) is 21.9 Å². The van der Waals surface area contributed by atoms with Crippen molar-refractivity contribution in [2.45, 2.75) is 6.61 Å². The number of hydrogen-bond acceptors (Lipinski definition) is 4. The van der Waals surface area contributed by atoms with Crippen molar-refractivity contribution in [1.82, 2.24) is 9.80 Å². The number of phenolic OH excluding ortho intramolecular Hbond substituents is 1. The Bertz CT molecular complexity index is 836. The maximum absolute atomic E-state index is 12.6. The van der Waals surface area contributed by atoms with E-state index in [9.17, 15) is 23.5 Å². The molecule has 0 bridgehead atoms. The van der Waals surface area contributed by atoms with E-state index in [1.807, 2.05) is 0 Å². The molecule has 6 nitrogen and oxygen atoms in total. The van der Waals surface area contributed by atoms with E-state index in [1.165, 1.54) is 36.4 Å². The first kappa shape index (κ1) is 18.6. The lowest BCUT2D eigenvalue weighted by molar-refractivity contribution is -0.0499. The minimum Gasteiger partial charge on any atom is -0.508 e. The van der Waals surface area contributed by atoms with Gasteiger partial charge in [-0.25, -0.2) is 0 Å². The number of carbonyl (C=O) groups excluding carboxylic acids is 2. The highest BCUT2D eigenvalue weighted by Gasteiger charge is 2.26. The van der Waals surface area contributed by atoms with Gasteiger partial charge in [0.15, 0.2) is 0 Å². The van der Waals surface area contributed by atoms with Crippen LogP contribution in [0.5, 0.6) is 11.5 Å². The normalized spacial score (nSPS) is 14.3.